The van der Waals surface area contributed by atoms with Gasteiger partial charge in [-0.2, -0.15) is 0 Å². The van der Waals surface area contributed by atoms with Crippen LogP contribution in [-0.4, -0.2) is 36.5 Å². The number of piperazine rings is 1. The quantitative estimate of drug-likeness (QED) is 0.519. The lowest BCUT2D eigenvalue weighted by atomic mass is 9.97. The lowest BCUT2D eigenvalue weighted by Gasteiger charge is -2.40. The Hall–Kier alpha value is -0.830. The van der Waals surface area contributed by atoms with Gasteiger partial charge in [0, 0.05) is 31.2 Å². The van der Waals surface area contributed by atoms with E-state index in [2.05, 4.69) is 11.9 Å². The highest BCUT2D eigenvalue weighted by Crippen LogP contribution is 2.22. The van der Waals surface area contributed by atoms with E-state index in [1.165, 1.54) is 0 Å². The van der Waals surface area contributed by atoms with Crippen LogP contribution in [0.15, 0.2) is 12.2 Å². The third-order valence-corrected chi connectivity index (χ3v) is 2.69. The van der Waals surface area contributed by atoms with Crippen molar-refractivity contribution in [3.05, 3.63) is 12.2 Å². The van der Waals surface area contributed by atoms with E-state index in [-0.39, 0.29) is 5.91 Å². The van der Waals surface area contributed by atoms with E-state index in [9.17, 15) is 4.79 Å². The second-order valence-corrected chi connectivity index (χ2v) is 3.50. The van der Waals surface area contributed by atoms with Gasteiger partial charge in [-0.15, -0.1) is 0 Å². The van der Waals surface area contributed by atoms with Gasteiger partial charge in [-0.05, 0) is 12.8 Å². The minimum Gasteiger partial charge on any atom is -0.333 e. The number of fused-ring (bicyclic) bond motifs is 1. The highest BCUT2D eigenvalue weighted by Gasteiger charge is 2.31. The molecule has 12 heavy (non-hydrogen) atoms. The normalized spacial score (nSPS) is 30.3. The summed E-state index contributed by atoms with van der Waals surface area (Å²) in [5.74, 6) is 0.174. The van der Waals surface area contributed by atoms with Crippen molar-refractivity contribution in [1.29, 1.82) is 0 Å². The molecule has 1 unspecified atom stereocenters. The van der Waals surface area contributed by atoms with Crippen molar-refractivity contribution in [3.8, 4) is 0 Å². The molecule has 3 nitrogen and oxygen atoms in total. The molecular formula is C9H14N2O. The third kappa shape index (κ3) is 1.14. The van der Waals surface area contributed by atoms with E-state index in [1.807, 2.05) is 4.90 Å². The first-order chi connectivity index (χ1) is 5.79. The van der Waals surface area contributed by atoms with Crippen LogP contribution in [0.5, 0.6) is 0 Å². The summed E-state index contributed by atoms with van der Waals surface area (Å²) < 4.78 is 0. The molecule has 0 bridgehead atoms. The maximum atomic E-state index is 11.6. The molecular weight excluding hydrogens is 152 g/mol. The van der Waals surface area contributed by atoms with Crippen LogP contribution in [0, 0.1) is 0 Å². The molecule has 0 saturated carbocycles. The van der Waals surface area contributed by atoms with Gasteiger partial charge in [0.2, 0.25) is 5.91 Å². The van der Waals surface area contributed by atoms with Gasteiger partial charge in [0.1, 0.15) is 0 Å². The molecule has 0 spiro atoms. The van der Waals surface area contributed by atoms with Gasteiger partial charge >= 0.3 is 0 Å². The standard InChI is InChI=1S/C9H14N2O/c1-7-2-3-8-6-10-4-5-11(8)9(7)12/h8,10H,1-6H2. The first-order valence-electron chi connectivity index (χ1n) is 4.48. The summed E-state index contributed by atoms with van der Waals surface area (Å²) in [5, 5.41) is 3.30. The van der Waals surface area contributed by atoms with E-state index in [0.29, 0.717) is 6.04 Å². The average Bonchev–Trinajstić information content (AvgIpc) is 2.12. The summed E-state index contributed by atoms with van der Waals surface area (Å²) in [7, 11) is 0. The van der Waals surface area contributed by atoms with Crippen molar-refractivity contribution in [2.45, 2.75) is 18.9 Å². The second-order valence-electron chi connectivity index (χ2n) is 3.50. The molecule has 0 aromatic rings. The zero-order valence-electron chi connectivity index (χ0n) is 7.18. The Bertz CT molecular complexity index is 225. The minimum atomic E-state index is 0.174. The Balaban J connectivity index is 2.13. The maximum Gasteiger partial charge on any atom is 0.249 e. The first-order valence-corrected chi connectivity index (χ1v) is 4.48. The highest BCUT2D eigenvalue weighted by molar-refractivity contribution is 5.93. The number of carbonyl (C=O) groups is 1. The fraction of sp³-hybridized carbons (Fsp3) is 0.667. The van der Waals surface area contributed by atoms with Crippen molar-refractivity contribution in [3.63, 3.8) is 0 Å². The lowest BCUT2D eigenvalue weighted by Crippen LogP contribution is -2.55. The highest BCUT2D eigenvalue weighted by atomic mass is 16.2. The van der Waals surface area contributed by atoms with Crippen molar-refractivity contribution < 1.29 is 4.79 Å². The molecule has 0 aromatic heterocycles. The topological polar surface area (TPSA) is 32.3 Å². The van der Waals surface area contributed by atoms with E-state index in [0.717, 1.165) is 38.0 Å². The van der Waals surface area contributed by atoms with Crippen molar-refractivity contribution in [2.24, 2.45) is 0 Å². The van der Waals surface area contributed by atoms with Crippen molar-refractivity contribution in [2.75, 3.05) is 19.6 Å². The van der Waals surface area contributed by atoms with Gasteiger partial charge < -0.3 is 10.2 Å². The Morgan fingerprint density at radius 1 is 1.58 bits per heavy atom. The molecule has 1 N–H and O–H groups in total. The summed E-state index contributed by atoms with van der Waals surface area (Å²) in [4.78, 5) is 13.5. The van der Waals surface area contributed by atoms with Crippen LogP contribution in [0.1, 0.15) is 12.8 Å². The largest absolute Gasteiger partial charge is 0.333 e. The van der Waals surface area contributed by atoms with Gasteiger partial charge in [-0.3, -0.25) is 4.79 Å². The third-order valence-electron chi connectivity index (χ3n) is 2.69. The maximum absolute atomic E-state index is 11.6. The molecule has 1 atom stereocenters. The van der Waals surface area contributed by atoms with Crippen LogP contribution in [0.25, 0.3) is 0 Å². The predicted octanol–water partition coefficient (Wildman–Crippen LogP) is 0.137. The first kappa shape index (κ1) is 7.80. The molecule has 0 radical (unpaired) electrons. The van der Waals surface area contributed by atoms with Crippen LogP contribution in [0.4, 0.5) is 0 Å². The van der Waals surface area contributed by atoms with Crippen LogP contribution in [0.2, 0.25) is 0 Å². The molecule has 3 heteroatoms. The number of hydrogen-bond acceptors (Lipinski definition) is 2. The minimum absolute atomic E-state index is 0.174. The summed E-state index contributed by atoms with van der Waals surface area (Å²) in [6.07, 6.45) is 1.96. The van der Waals surface area contributed by atoms with Gasteiger partial charge in [0.15, 0.2) is 0 Å². The van der Waals surface area contributed by atoms with E-state index >= 15 is 0 Å². The Morgan fingerprint density at radius 2 is 2.42 bits per heavy atom. The fourth-order valence-electron chi connectivity index (χ4n) is 1.94. The fourth-order valence-corrected chi connectivity index (χ4v) is 1.94. The number of piperidine rings is 1. The second kappa shape index (κ2) is 2.90. The van der Waals surface area contributed by atoms with Crippen molar-refractivity contribution in [1.82, 2.24) is 10.2 Å². The van der Waals surface area contributed by atoms with Gasteiger partial charge in [-0.1, -0.05) is 6.58 Å². The average molecular weight is 166 g/mol. The van der Waals surface area contributed by atoms with Crippen LogP contribution in [0.3, 0.4) is 0 Å². The lowest BCUT2D eigenvalue weighted by molar-refractivity contribution is -0.132. The zero-order chi connectivity index (χ0) is 8.55. The molecule has 2 rings (SSSR count). The number of hydrogen-bond donors (Lipinski definition) is 1. The molecule has 66 valence electrons. The smallest absolute Gasteiger partial charge is 0.249 e. The van der Waals surface area contributed by atoms with Gasteiger partial charge in [-0.25, -0.2) is 0 Å². The van der Waals surface area contributed by atoms with E-state index < -0.39 is 0 Å². The predicted molar refractivity (Wildman–Crippen MR) is 46.7 cm³/mol. The SMILES string of the molecule is C=C1CCC2CNCCN2C1=O. The van der Waals surface area contributed by atoms with Gasteiger partial charge in [0.05, 0.1) is 0 Å². The monoisotopic (exact) mass is 166 g/mol. The molecule has 0 aliphatic carbocycles. The molecule has 2 fully saturated rings. The Labute approximate surface area is 72.4 Å². The molecule has 2 aliphatic rings. The summed E-state index contributed by atoms with van der Waals surface area (Å²) in [6.45, 7) is 6.51. The van der Waals surface area contributed by atoms with E-state index in [1.54, 1.807) is 0 Å². The summed E-state index contributed by atoms with van der Waals surface area (Å²) >= 11 is 0. The summed E-state index contributed by atoms with van der Waals surface area (Å²) in [5.41, 5.74) is 0.785. The molecule has 1 amide bonds. The Kier molecular flexibility index (Phi) is 1.89. The van der Waals surface area contributed by atoms with Crippen LogP contribution >= 0.6 is 0 Å². The van der Waals surface area contributed by atoms with E-state index in [4.69, 9.17) is 0 Å². The molecule has 2 heterocycles. The van der Waals surface area contributed by atoms with Crippen LogP contribution in [-0.2, 0) is 4.79 Å². The number of amides is 1. The molecule has 2 aliphatic heterocycles. The van der Waals surface area contributed by atoms with Crippen LogP contribution < -0.4 is 5.32 Å². The summed E-state index contributed by atoms with van der Waals surface area (Å²) in [6, 6.07) is 0.428. The zero-order valence-corrected chi connectivity index (χ0v) is 7.18. The number of nitrogens with zero attached hydrogens (tertiary/aromatic N) is 1. The number of rotatable bonds is 0. The molecule has 0 aromatic carbocycles. The Morgan fingerprint density at radius 3 is 3.25 bits per heavy atom. The van der Waals surface area contributed by atoms with Gasteiger partial charge in [0.25, 0.3) is 0 Å². The number of carbonyl (C=O) groups excluding carboxylic acids is 1. The number of nitrogens with one attached hydrogen (secondary N) is 1. The van der Waals surface area contributed by atoms with Crippen molar-refractivity contribution >= 4 is 5.91 Å². The molecule has 2 saturated heterocycles.